The third-order valence-corrected chi connectivity index (χ3v) is 4.21. The lowest BCUT2D eigenvalue weighted by atomic mass is 10.0. The molecule has 104 valence electrons. The van der Waals surface area contributed by atoms with Crippen LogP contribution in [0.15, 0.2) is 16.6 Å². The fraction of sp³-hybridized carbons (Fsp3) is 0.571. The van der Waals surface area contributed by atoms with Crippen molar-refractivity contribution in [3.8, 4) is 11.5 Å². The van der Waals surface area contributed by atoms with Gasteiger partial charge in [0.05, 0.1) is 16.7 Å². The first-order chi connectivity index (χ1) is 9.24. The van der Waals surface area contributed by atoms with E-state index < -0.39 is 6.10 Å². The van der Waals surface area contributed by atoms with Gasteiger partial charge in [0.2, 0.25) is 6.79 Å². The molecule has 0 amide bonds. The molecule has 0 spiro atoms. The number of benzene rings is 1. The van der Waals surface area contributed by atoms with Crippen LogP contribution in [0.4, 0.5) is 0 Å². The van der Waals surface area contributed by atoms with E-state index in [1.807, 2.05) is 12.1 Å². The molecule has 2 heterocycles. The van der Waals surface area contributed by atoms with E-state index in [1.54, 1.807) is 0 Å². The molecule has 0 aromatic heterocycles. The lowest BCUT2D eigenvalue weighted by Crippen LogP contribution is -2.08. The second-order valence-corrected chi connectivity index (χ2v) is 5.82. The summed E-state index contributed by atoms with van der Waals surface area (Å²) < 4.78 is 17.1. The zero-order valence-electron chi connectivity index (χ0n) is 10.6. The van der Waals surface area contributed by atoms with Crippen molar-refractivity contribution in [3.63, 3.8) is 0 Å². The first-order valence-electron chi connectivity index (χ1n) is 6.63. The summed E-state index contributed by atoms with van der Waals surface area (Å²) >= 11 is 3.44. The van der Waals surface area contributed by atoms with Crippen molar-refractivity contribution in [1.82, 2.24) is 0 Å². The molecule has 2 unspecified atom stereocenters. The molecule has 5 heteroatoms. The Morgan fingerprint density at radius 3 is 3.05 bits per heavy atom. The first-order valence-corrected chi connectivity index (χ1v) is 7.42. The van der Waals surface area contributed by atoms with Gasteiger partial charge in [0, 0.05) is 6.61 Å². The maximum absolute atomic E-state index is 10.3. The number of aliphatic hydroxyl groups excluding tert-OH is 1. The van der Waals surface area contributed by atoms with E-state index >= 15 is 0 Å². The van der Waals surface area contributed by atoms with Crippen LogP contribution < -0.4 is 9.47 Å². The fourth-order valence-electron chi connectivity index (χ4n) is 2.56. The molecule has 2 atom stereocenters. The minimum absolute atomic E-state index is 0.239. The molecule has 0 aliphatic carbocycles. The molecular formula is C14H17BrO4. The molecule has 1 saturated heterocycles. The minimum Gasteiger partial charge on any atom is -0.454 e. The van der Waals surface area contributed by atoms with Crippen LogP contribution in [0.5, 0.6) is 11.5 Å². The molecule has 1 aromatic rings. The van der Waals surface area contributed by atoms with Crippen LogP contribution in [0.3, 0.4) is 0 Å². The fourth-order valence-corrected chi connectivity index (χ4v) is 3.14. The van der Waals surface area contributed by atoms with Crippen LogP contribution in [-0.4, -0.2) is 24.6 Å². The Labute approximate surface area is 120 Å². The van der Waals surface area contributed by atoms with Crippen molar-refractivity contribution in [2.75, 3.05) is 13.4 Å². The largest absolute Gasteiger partial charge is 0.454 e. The molecular weight excluding hydrogens is 312 g/mol. The lowest BCUT2D eigenvalue weighted by Gasteiger charge is -2.15. The molecule has 4 nitrogen and oxygen atoms in total. The smallest absolute Gasteiger partial charge is 0.231 e. The van der Waals surface area contributed by atoms with Crippen LogP contribution in [0.1, 0.15) is 37.4 Å². The summed E-state index contributed by atoms with van der Waals surface area (Å²) in [5.41, 5.74) is 0.856. The van der Waals surface area contributed by atoms with Crippen LogP contribution in [0.2, 0.25) is 0 Å². The molecule has 2 aliphatic heterocycles. The summed E-state index contributed by atoms with van der Waals surface area (Å²) in [4.78, 5) is 0. The topological polar surface area (TPSA) is 47.9 Å². The Hall–Kier alpha value is -0.780. The summed E-state index contributed by atoms with van der Waals surface area (Å²) in [6.07, 6.45) is 3.67. The summed E-state index contributed by atoms with van der Waals surface area (Å²) in [5.74, 6) is 1.41. The van der Waals surface area contributed by atoms with E-state index in [0.717, 1.165) is 41.7 Å². The molecule has 0 radical (unpaired) electrons. The summed E-state index contributed by atoms with van der Waals surface area (Å²) in [7, 11) is 0. The van der Waals surface area contributed by atoms with Crippen LogP contribution in [0.25, 0.3) is 0 Å². The van der Waals surface area contributed by atoms with Gasteiger partial charge in [-0.1, -0.05) is 0 Å². The predicted octanol–water partition coefficient (Wildman–Crippen LogP) is 3.17. The minimum atomic E-state index is -0.491. The number of ether oxygens (including phenoxy) is 3. The van der Waals surface area contributed by atoms with E-state index in [9.17, 15) is 5.11 Å². The summed E-state index contributed by atoms with van der Waals surface area (Å²) in [6, 6.07) is 3.75. The van der Waals surface area contributed by atoms with Gasteiger partial charge in [0.15, 0.2) is 11.5 Å². The third kappa shape index (κ3) is 2.88. The molecule has 2 aliphatic rings. The monoisotopic (exact) mass is 328 g/mol. The van der Waals surface area contributed by atoms with Crippen molar-refractivity contribution in [3.05, 3.63) is 22.2 Å². The molecule has 0 bridgehead atoms. The number of fused-ring (bicyclic) bond motifs is 1. The van der Waals surface area contributed by atoms with Gasteiger partial charge in [0.25, 0.3) is 0 Å². The van der Waals surface area contributed by atoms with Gasteiger partial charge in [-0.05, 0) is 59.3 Å². The van der Waals surface area contributed by atoms with Gasteiger partial charge in [-0.25, -0.2) is 0 Å². The van der Waals surface area contributed by atoms with Gasteiger partial charge in [0.1, 0.15) is 0 Å². The van der Waals surface area contributed by atoms with Gasteiger partial charge in [-0.15, -0.1) is 0 Å². The van der Waals surface area contributed by atoms with Crippen molar-refractivity contribution < 1.29 is 19.3 Å². The van der Waals surface area contributed by atoms with Crippen molar-refractivity contribution in [1.29, 1.82) is 0 Å². The Morgan fingerprint density at radius 1 is 1.37 bits per heavy atom. The van der Waals surface area contributed by atoms with E-state index in [1.165, 1.54) is 0 Å². The standard InChI is InChI=1S/C14H17BrO4/c15-11-6-9(7-13-14(11)19-8-18-13)12(16)4-3-10-2-1-5-17-10/h6-7,10,12,16H,1-5,8H2. The average molecular weight is 329 g/mol. The molecule has 0 saturated carbocycles. The van der Waals surface area contributed by atoms with Crippen molar-refractivity contribution in [2.24, 2.45) is 0 Å². The first kappa shape index (κ1) is 13.2. The van der Waals surface area contributed by atoms with E-state index in [-0.39, 0.29) is 6.79 Å². The van der Waals surface area contributed by atoms with Gasteiger partial charge in [-0.2, -0.15) is 0 Å². The van der Waals surface area contributed by atoms with Crippen LogP contribution >= 0.6 is 15.9 Å². The second-order valence-electron chi connectivity index (χ2n) is 4.96. The average Bonchev–Trinajstić information content (AvgIpc) is 3.06. The summed E-state index contributed by atoms with van der Waals surface area (Å²) in [6.45, 7) is 1.10. The summed E-state index contributed by atoms with van der Waals surface area (Å²) in [5, 5.41) is 10.3. The maximum Gasteiger partial charge on any atom is 0.231 e. The normalized spacial score (nSPS) is 22.7. The Balaban J connectivity index is 1.66. The van der Waals surface area contributed by atoms with Crippen molar-refractivity contribution >= 4 is 15.9 Å². The zero-order chi connectivity index (χ0) is 13.2. The number of hydrogen-bond acceptors (Lipinski definition) is 4. The third-order valence-electron chi connectivity index (χ3n) is 3.62. The number of rotatable bonds is 4. The lowest BCUT2D eigenvalue weighted by molar-refractivity contribution is 0.0812. The number of aliphatic hydroxyl groups is 1. The van der Waals surface area contributed by atoms with Crippen LogP contribution in [0, 0.1) is 0 Å². The van der Waals surface area contributed by atoms with Crippen LogP contribution in [-0.2, 0) is 4.74 Å². The molecule has 19 heavy (non-hydrogen) atoms. The SMILES string of the molecule is OC(CCC1CCCO1)c1cc(Br)c2c(c1)OCO2. The highest BCUT2D eigenvalue weighted by Crippen LogP contribution is 2.41. The second kappa shape index (κ2) is 5.69. The van der Waals surface area contributed by atoms with E-state index in [2.05, 4.69) is 15.9 Å². The van der Waals surface area contributed by atoms with Crippen molar-refractivity contribution in [2.45, 2.75) is 37.9 Å². The quantitative estimate of drug-likeness (QED) is 0.922. The van der Waals surface area contributed by atoms with Gasteiger partial charge in [-0.3, -0.25) is 0 Å². The molecule has 1 N–H and O–H groups in total. The Bertz CT molecular complexity index is 457. The number of halogens is 1. The highest BCUT2D eigenvalue weighted by atomic mass is 79.9. The van der Waals surface area contributed by atoms with Gasteiger partial charge < -0.3 is 19.3 Å². The van der Waals surface area contributed by atoms with E-state index in [4.69, 9.17) is 14.2 Å². The zero-order valence-corrected chi connectivity index (χ0v) is 12.2. The highest BCUT2D eigenvalue weighted by Gasteiger charge is 2.22. The molecule has 1 aromatic carbocycles. The molecule has 3 rings (SSSR count). The maximum atomic E-state index is 10.3. The van der Waals surface area contributed by atoms with E-state index in [0.29, 0.717) is 18.3 Å². The Kier molecular flexibility index (Phi) is 3.96. The van der Waals surface area contributed by atoms with Gasteiger partial charge >= 0.3 is 0 Å². The molecule has 1 fully saturated rings. The highest BCUT2D eigenvalue weighted by molar-refractivity contribution is 9.10. The number of hydrogen-bond donors (Lipinski definition) is 1. The predicted molar refractivity (Wildman–Crippen MR) is 73.4 cm³/mol. The Morgan fingerprint density at radius 2 is 2.26 bits per heavy atom.